The number of nitrogens with zero attached hydrogens (tertiary/aromatic N) is 1. The van der Waals surface area contributed by atoms with Gasteiger partial charge < -0.3 is 24.2 Å². The Morgan fingerprint density at radius 1 is 0.950 bits per heavy atom. The van der Waals surface area contributed by atoms with Crippen LogP contribution in [0.1, 0.15) is 74.4 Å². The summed E-state index contributed by atoms with van der Waals surface area (Å²) in [4.78, 5) is 4.69. The minimum Gasteiger partial charge on any atom is -0.748 e. The monoisotopic (exact) mass is 575 g/mol. The molecular formula is C31H47N2O6S-. The SMILES string of the molecule is CCCCCCc1cc(C)ccc1OCCc1coc(-c2cc(C)c(OCC)c(C)c2)n1.CCN.CS(=O)(=O)[O-]. The number of ether oxygens (including phenoxy) is 2. The molecule has 0 atom stereocenters. The lowest BCUT2D eigenvalue weighted by molar-refractivity contribution is 0.316. The van der Waals surface area contributed by atoms with Gasteiger partial charge in [-0.1, -0.05) is 50.8 Å². The molecule has 0 aliphatic heterocycles. The Bertz CT molecular complexity index is 1220. The summed E-state index contributed by atoms with van der Waals surface area (Å²) in [6.45, 7) is 14.4. The molecule has 8 nitrogen and oxygen atoms in total. The molecule has 0 bridgehead atoms. The smallest absolute Gasteiger partial charge is 0.226 e. The van der Waals surface area contributed by atoms with Crippen LogP contribution in [0.3, 0.4) is 0 Å². The molecule has 3 aromatic rings. The first-order valence-electron chi connectivity index (χ1n) is 13.9. The minimum absolute atomic E-state index is 0.582. The van der Waals surface area contributed by atoms with Crippen molar-refractivity contribution in [3.8, 4) is 23.0 Å². The van der Waals surface area contributed by atoms with Gasteiger partial charge in [-0.2, -0.15) is 0 Å². The van der Waals surface area contributed by atoms with Crippen LogP contribution in [-0.2, 0) is 23.0 Å². The fraction of sp³-hybridized carbons (Fsp3) is 0.516. The summed E-state index contributed by atoms with van der Waals surface area (Å²) in [5.74, 6) is 2.58. The van der Waals surface area contributed by atoms with Crippen molar-refractivity contribution in [2.45, 2.75) is 80.1 Å². The maximum atomic E-state index is 9.08. The van der Waals surface area contributed by atoms with Crippen molar-refractivity contribution in [2.24, 2.45) is 5.73 Å². The van der Waals surface area contributed by atoms with Crippen LogP contribution < -0.4 is 15.2 Å². The summed E-state index contributed by atoms with van der Waals surface area (Å²) in [5, 5.41) is 0. The lowest BCUT2D eigenvalue weighted by Gasteiger charge is -2.12. The van der Waals surface area contributed by atoms with Gasteiger partial charge in [0.2, 0.25) is 5.89 Å². The van der Waals surface area contributed by atoms with E-state index in [4.69, 9.17) is 32.6 Å². The fourth-order valence-corrected chi connectivity index (χ4v) is 4.05. The first-order chi connectivity index (χ1) is 18.9. The van der Waals surface area contributed by atoms with E-state index in [1.165, 1.54) is 36.8 Å². The van der Waals surface area contributed by atoms with Gasteiger partial charge in [0.05, 0.1) is 29.0 Å². The molecule has 224 valence electrons. The molecule has 0 radical (unpaired) electrons. The third-order valence-electron chi connectivity index (χ3n) is 5.68. The molecule has 9 heteroatoms. The Balaban J connectivity index is 0.000000884. The van der Waals surface area contributed by atoms with Crippen LogP contribution in [0.15, 0.2) is 41.0 Å². The van der Waals surface area contributed by atoms with Crippen molar-refractivity contribution in [1.29, 1.82) is 0 Å². The molecule has 1 heterocycles. The van der Waals surface area contributed by atoms with Crippen molar-refractivity contribution >= 4 is 10.1 Å². The fourth-order valence-electron chi connectivity index (χ4n) is 4.05. The van der Waals surface area contributed by atoms with Gasteiger partial charge in [0, 0.05) is 18.2 Å². The first-order valence-corrected chi connectivity index (χ1v) is 15.8. The number of oxazole rings is 1. The Hall–Kier alpha value is -2.88. The normalized spacial score (nSPS) is 10.7. The van der Waals surface area contributed by atoms with E-state index in [1.54, 1.807) is 6.26 Å². The zero-order chi connectivity index (χ0) is 30.1. The van der Waals surface area contributed by atoms with Crippen LogP contribution in [0, 0.1) is 20.8 Å². The van der Waals surface area contributed by atoms with Crippen LogP contribution in [0.25, 0.3) is 11.5 Å². The molecule has 0 saturated carbocycles. The second kappa shape index (κ2) is 18.5. The predicted octanol–water partition coefficient (Wildman–Crippen LogP) is 6.54. The van der Waals surface area contributed by atoms with Crippen LogP contribution in [0.4, 0.5) is 0 Å². The molecular weight excluding hydrogens is 528 g/mol. The Kier molecular flexibility index (Phi) is 16.2. The number of unbranched alkanes of at least 4 members (excludes halogenated alkanes) is 3. The standard InChI is InChI=1S/C28H37NO3.C2H7N.CH4O3S/c1-6-8-9-10-11-23-16-20(3)12-13-26(23)31-15-14-25-19-32-28(29-25)24-17-21(4)27(30-7-2)22(5)18-24;1-2-3;1-5(2,3)4/h12-13,16-19H,6-11,14-15H2,1-5H3;2-3H2,1H3;1H3,(H,2,3,4)/p-1. The Morgan fingerprint density at radius 3 is 2.15 bits per heavy atom. The van der Waals surface area contributed by atoms with Gasteiger partial charge in [0.1, 0.15) is 17.8 Å². The van der Waals surface area contributed by atoms with Crippen molar-refractivity contribution in [3.63, 3.8) is 0 Å². The lowest BCUT2D eigenvalue weighted by atomic mass is 10.0. The molecule has 0 saturated heterocycles. The van der Waals surface area contributed by atoms with E-state index >= 15 is 0 Å². The summed E-state index contributed by atoms with van der Waals surface area (Å²) in [6.07, 6.45) is 9.16. The number of nitrogens with two attached hydrogens (primary N) is 1. The van der Waals surface area contributed by atoms with Crippen molar-refractivity contribution in [3.05, 3.63) is 64.5 Å². The summed E-state index contributed by atoms with van der Waals surface area (Å²) >= 11 is 0. The largest absolute Gasteiger partial charge is 0.748 e. The van der Waals surface area contributed by atoms with E-state index < -0.39 is 10.1 Å². The lowest BCUT2D eigenvalue weighted by Crippen LogP contribution is -2.04. The van der Waals surface area contributed by atoms with Crippen LogP contribution in [0.5, 0.6) is 11.5 Å². The predicted molar refractivity (Wildman–Crippen MR) is 161 cm³/mol. The molecule has 3 rings (SSSR count). The highest BCUT2D eigenvalue weighted by Gasteiger charge is 2.12. The molecule has 0 fully saturated rings. The van der Waals surface area contributed by atoms with Gasteiger partial charge in [-0.15, -0.1) is 0 Å². The molecule has 40 heavy (non-hydrogen) atoms. The minimum atomic E-state index is -3.92. The van der Waals surface area contributed by atoms with E-state index in [2.05, 4.69) is 63.0 Å². The van der Waals surface area contributed by atoms with E-state index in [0.29, 0.717) is 31.8 Å². The molecule has 0 amide bonds. The van der Waals surface area contributed by atoms with Crippen molar-refractivity contribution in [2.75, 3.05) is 26.0 Å². The number of aryl methyl sites for hydroxylation is 4. The zero-order valence-corrected chi connectivity index (χ0v) is 26.0. The summed E-state index contributed by atoms with van der Waals surface area (Å²) in [5.41, 5.74) is 11.5. The number of hydrogen-bond acceptors (Lipinski definition) is 8. The molecule has 0 aliphatic rings. The first kappa shape index (κ1) is 35.1. The van der Waals surface area contributed by atoms with Crippen molar-refractivity contribution in [1.82, 2.24) is 4.98 Å². The molecule has 2 N–H and O–H groups in total. The molecule has 0 spiro atoms. The van der Waals surface area contributed by atoms with Gasteiger partial charge in [-0.05, 0) is 82.0 Å². The second-order valence-electron chi connectivity index (χ2n) is 9.65. The Morgan fingerprint density at radius 2 is 1.57 bits per heavy atom. The number of aromatic nitrogens is 1. The number of rotatable bonds is 12. The maximum Gasteiger partial charge on any atom is 0.226 e. The number of benzene rings is 2. The zero-order valence-electron chi connectivity index (χ0n) is 25.2. The third kappa shape index (κ3) is 14.0. The van der Waals surface area contributed by atoms with E-state index in [0.717, 1.165) is 46.8 Å². The average molecular weight is 576 g/mol. The summed E-state index contributed by atoms with van der Waals surface area (Å²) in [7, 11) is -3.92. The molecule has 1 aromatic heterocycles. The average Bonchev–Trinajstić information content (AvgIpc) is 3.34. The Labute approximate surface area is 241 Å². The van der Waals surface area contributed by atoms with Crippen LogP contribution in [0.2, 0.25) is 0 Å². The van der Waals surface area contributed by atoms with E-state index in [-0.39, 0.29) is 0 Å². The quantitative estimate of drug-likeness (QED) is 0.191. The van der Waals surface area contributed by atoms with Gasteiger partial charge >= 0.3 is 0 Å². The highest BCUT2D eigenvalue weighted by atomic mass is 32.2. The van der Waals surface area contributed by atoms with Crippen molar-refractivity contribution < 1.29 is 26.9 Å². The summed E-state index contributed by atoms with van der Waals surface area (Å²) in [6, 6.07) is 10.6. The molecule has 2 aromatic carbocycles. The van der Waals surface area contributed by atoms with Gasteiger partial charge in [-0.25, -0.2) is 13.4 Å². The van der Waals surface area contributed by atoms with Gasteiger partial charge in [0.15, 0.2) is 0 Å². The molecule has 0 unspecified atom stereocenters. The van der Waals surface area contributed by atoms with Gasteiger partial charge in [0.25, 0.3) is 0 Å². The molecule has 0 aliphatic carbocycles. The van der Waals surface area contributed by atoms with E-state index in [9.17, 15) is 0 Å². The highest BCUT2D eigenvalue weighted by molar-refractivity contribution is 7.84. The number of hydrogen-bond donors (Lipinski definition) is 1. The van der Waals surface area contributed by atoms with Gasteiger partial charge in [-0.3, -0.25) is 0 Å². The topological polar surface area (TPSA) is 128 Å². The van der Waals surface area contributed by atoms with Crippen LogP contribution >= 0.6 is 0 Å². The second-order valence-corrected chi connectivity index (χ2v) is 11.1. The third-order valence-corrected chi connectivity index (χ3v) is 5.68. The maximum absolute atomic E-state index is 9.08. The van der Waals surface area contributed by atoms with Crippen LogP contribution in [-0.4, -0.2) is 44.0 Å². The summed E-state index contributed by atoms with van der Waals surface area (Å²) < 4.78 is 44.9. The van der Waals surface area contributed by atoms with E-state index in [1.807, 2.05) is 13.8 Å². The highest BCUT2D eigenvalue weighted by Crippen LogP contribution is 2.30.